The van der Waals surface area contributed by atoms with E-state index in [1.165, 1.54) is 11.1 Å². The van der Waals surface area contributed by atoms with E-state index >= 15 is 0 Å². The molecule has 0 saturated carbocycles. The summed E-state index contributed by atoms with van der Waals surface area (Å²) in [6.45, 7) is 8.25. The lowest BCUT2D eigenvalue weighted by molar-refractivity contribution is 0.0594. The molecule has 1 amide bonds. The van der Waals surface area contributed by atoms with Crippen LogP contribution in [0.15, 0.2) is 59.0 Å². The van der Waals surface area contributed by atoms with E-state index in [1.807, 2.05) is 24.0 Å². The van der Waals surface area contributed by atoms with Crippen molar-refractivity contribution in [3.8, 4) is 5.75 Å². The molecule has 2 aromatic carbocycles. The zero-order chi connectivity index (χ0) is 21.8. The Bertz CT molecular complexity index is 1020. The third-order valence-electron chi connectivity index (χ3n) is 5.58. The van der Waals surface area contributed by atoms with Crippen molar-refractivity contribution < 1.29 is 13.9 Å². The van der Waals surface area contributed by atoms with Gasteiger partial charge in [0.15, 0.2) is 5.76 Å². The van der Waals surface area contributed by atoms with Gasteiger partial charge in [-0.25, -0.2) is 0 Å². The van der Waals surface area contributed by atoms with Crippen LogP contribution in [-0.4, -0.2) is 41.9 Å². The van der Waals surface area contributed by atoms with Gasteiger partial charge in [0.25, 0.3) is 5.91 Å². The summed E-state index contributed by atoms with van der Waals surface area (Å²) in [5.41, 5.74) is 3.53. The first-order chi connectivity index (χ1) is 15.0. The normalized spacial score (nSPS) is 14.6. The standard InChI is InChI=1S/C25H27ClN2O3/c1-18-6-8-20(9-7-18)16-27-12-14-28(15-13-27)25(29)23-11-10-21(31-23)17-30-24-19(2)4-3-5-22(24)26/h3-11H,12-17H2,1-2H3. The van der Waals surface area contributed by atoms with Crippen LogP contribution in [0.2, 0.25) is 5.02 Å². The number of furan rings is 1. The van der Waals surface area contributed by atoms with Gasteiger partial charge in [-0.05, 0) is 43.2 Å². The number of hydrogen-bond donors (Lipinski definition) is 0. The van der Waals surface area contributed by atoms with E-state index in [2.05, 4.69) is 36.1 Å². The Kier molecular flexibility index (Phi) is 6.64. The number of carbonyl (C=O) groups is 1. The fourth-order valence-electron chi connectivity index (χ4n) is 3.73. The van der Waals surface area contributed by atoms with Crippen molar-refractivity contribution in [3.63, 3.8) is 0 Å². The third-order valence-corrected chi connectivity index (χ3v) is 5.88. The van der Waals surface area contributed by atoms with Crippen molar-refractivity contribution in [1.82, 2.24) is 9.80 Å². The van der Waals surface area contributed by atoms with Crippen molar-refractivity contribution in [1.29, 1.82) is 0 Å². The molecule has 1 aliphatic heterocycles. The Morgan fingerprint density at radius 3 is 2.45 bits per heavy atom. The predicted octanol–water partition coefficient (Wildman–Crippen LogP) is 5.09. The highest BCUT2D eigenvalue weighted by Gasteiger charge is 2.24. The molecular weight excluding hydrogens is 412 g/mol. The third kappa shape index (κ3) is 5.30. The average molecular weight is 439 g/mol. The topological polar surface area (TPSA) is 45.9 Å². The van der Waals surface area contributed by atoms with E-state index in [0.717, 1.165) is 25.2 Å². The highest BCUT2D eigenvalue weighted by molar-refractivity contribution is 6.32. The van der Waals surface area contributed by atoms with Crippen LogP contribution in [0.25, 0.3) is 0 Å². The van der Waals surface area contributed by atoms with Crippen LogP contribution >= 0.6 is 11.6 Å². The van der Waals surface area contributed by atoms with E-state index in [4.69, 9.17) is 20.8 Å². The minimum absolute atomic E-state index is 0.0739. The number of halogens is 1. The summed E-state index contributed by atoms with van der Waals surface area (Å²) in [4.78, 5) is 17.1. The van der Waals surface area contributed by atoms with E-state index in [9.17, 15) is 4.79 Å². The first-order valence-corrected chi connectivity index (χ1v) is 10.9. The SMILES string of the molecule is Cc1ccc(CN2CCN(C(=O)c3ccc(COc4c(C)cccc4Cl)o3)CC2)cc1. The summed E-state index contributed by atoms with van der Waals surface area (Å²) in [6, 6.07) is 17.7. The molecule has 0 aliphatic carbocycles. The van der Waals surface area contributed by atoms with E-state index in [1.54, 1.807) is 18.2 Å². The molecule has 0 atom stereocenters. The Hall–Kier alpha value is -2.76. The number of aryl methyl sites for hydroxylation is 2. The second kappa shape index (κ2) is 9.58. The quantitative estimate of drug-likeness (QED) is 0.538. The number of benzene rings is 2. The summed E-state index contributed by atoms with van der Waals surface area (Å²) < 4.78 is 11.6. The molecule has 0 bridgehead atoms. The molecule has 31 heavy (non-hydrogen) atoms. The van der Waals surface area contributed by atoms with Gasteiger partial charge < -0.3 is 14.1 Å². The Morgan fingerprint density at radius 2 is 1.74 bits per heavy atom. The summed E-state index contributed by atoms with van der Waals surface area (Å²) in [5, 5.41) is 0.561. The summed E-state index contributed by atoms with van der Waals surface area (Å²) in [6.07, 6.45) is 0. The number of nitrogens with zero attached hydrogens (tertiary/aromatic N) is 2. The van der Waals surface area contributed by atoms with Crippen LogP contribution in [0, 0.1) is 13.8 Å². The average Bonchev–Trinajstić information content (AvgIpc) is 3.24. The van der Waals surface area contributed by atoms with Gasteiger partial charge in [0.2, 0.25) is 0 Å². The van der Waals surface area contributed by atoms with Crippen LogP contribution in [0.5, 0.6) is 5.75 Å². The molecule has 3 aromatic rings. The van der Waals surface area contributed by atoms with Gasteiger partial charge in [-0.15, -0.1) is 0 Å². The van der Waals surface area contributed by atoms with Gasteiger partial charge in [0.1, 0.15) is 18.1 Å². The lowest BCUT2D eigenvalue weighted by Crippen LogP contribution is -2.48. The molecular formula is C25H27ClN2O3. The molecule has 1 fully saturated rings. The summed E-state index contributed by atoms with van der Waals surface area (Å²) in [5.74, 6) is 1.51. The van der Waals surface area contributed by atoms with Gasteiger partial charge in [0, 0.05) is 32.7 Å². The van der Waals surface area contributed by atoms with Gasteiger partial charge >= 0.3 is 0 Å². The van der Waals surface area contributed by atoms with Crippen LogP contribution in [0.1, 0.15) is 33.0 Å². The molecule has 1 saturated heterocycles. The monoisotopic (exact) mass is 438 g/mol. The van der Waals surface area contributed by atoms with Gasteiger partial charge in [0.05, 0.1) is 5.02 Å². The minimum atomic E-state index is -0.0739. The maximum Gasteiger partial charge on any atom is 0.289 e. The zero-order valence-corrected chi connectivity index (χ0v) is 18.7. The van der Waals surface area contributed by atoms with Crippen LogP contribution in [0.3, 0.4) is 0 Å². The largest absolute Gasteiger partial charge is 0.484 e. The molecule has 5 nitrogen and oxygen atoms in total. The lowest BCUT2D eigenvalue weighted by Gasteiger charge is -2.34. The molecule has 0 unspecified atom stereocenters. The number of piperazine rings is 1. The van der Waals surface area contributed by atoms with Crippen LogP contribution in [-0.2, 0) is 13.2 Å². The molecule has 6 heteroatoms. The number of ether oxygens (including phenoxy) is 1. The van der Waals surface area contributed by atoms with Crippen molar-refractivity contribution in [3.05, 3.63) is 87.8 Å². The number of para-hydroxylation sites is 1. The first kappa shape index (κ1) is 21.5. The minimum Gasteiger partial charge on any atom is -0.484 e. The molecule has 162 valence electrons. The Balaban J connectivity index is 1.29. The Morgan fingerprint density at radius 1 is 1.00 bits per heavy atom. The number of hydrogen-bond acceptors (Lipinski definition) is 4. The van der Waals surface area contributed by atoms with Crippen molar-refractivity contribution >= 4 is 17.5 Å². The fraction of sp³-hybridized carbons (Fsp3) is 0.320. The first-order valence-electron chi connectivity index (χ1n) is 10.5. The van der Waals surface area contributed by atoms with Gasteiger partial charge in [-0.1, -0.05) is 53.6 Å². The second-order valence-corrected chi connectivity index (χ2v) is 8.40. The predicted molar refractivity (Wildman–Crippen MR) is 122 cm³/mol. The highest BCUT2D eigenvalue weighted by atomic mass is 35.5. The number of amides is 1. The lowest BCUT2D eigenvalue weighted by atomic mass is 10.1. The van der Waals surface area contributed by atoms with Crippen LogP contribution < -0.4 is 4.74 Å². The summed E-state index contributed by atoms with van der Waals surface area (Å²) in [7, 11) is 0. The molecule has 1 aliphatic rings. The highest BCUT2D eigenvalue weighted by Crippen LogP contribution is 2.29. The maximum absolute atomic E-state index is 12.8. The van der Waals surface area contributed by atoms with E-state index in [-0.39, 0.29) is 12.5 Å². The molecule has 2 heterocycles. The molecule has 0 spiro atoms. The molecule has 0 radical (unpaired) electrons. The second-order valence-electron chi connectivity index (χ2n) is 7.99. The number of rotatable bonds is 6. The molecule has 1 aromatic heterocycles. The van der Waals surface area contributed by atoms with E-state index in [0.29, 0.717) is 35.4 Å². The smallest absolute Gasteiger partial charge is 0.289 e. The Labute approximate surface area is 188 Å². The number of carbonyl (C=O) groups excluding carboxylic acids is 1. The van der Waals surface area contributed by atoms with Crippen molar-refractivity contribution in [2.75, 3.05) is 26.2 Å². The molecule has 4 rings (SSSR count). The van der Waals surface area contributed by atoms with Gasteiger partial charge in [-0.3, -0.25) is 9.69 Å². The van der Waals surface area contributed by atoms with Crippen molar-refractivity contribution in [2.24, 2.45) is 0 Å². The molecule has 0 N–H and O–H groups in total. The van der Waals surface area contributed by atoms with Crippen LogP contribution in [0.4, 0.5) is 0 Å². The van der Waals surface area contributed by atoms with Gasteiger partial charge in [-0.2, -0.15) is 0 Å². The fourth-order valence-corrected chi connectivity index (χ4v) is 4.01. The van der Waals surface area contributed by atoms with E-state index < -0.39 is 0 Å². The maximum atomic E-state index is 12.8. The van der Waals surface area contributed by atoms with Crippen molar-refractivity contribution in [2.45, 2.75) is 27.0 Å². The zero-order valence-electron chi connectivity index (χ0n) is 17.9. The summed E-state index contributed by atoms with van der Waals surface area (Å²) >= 11 is 6.20.